The van der Waals surface area contributed by atoms with Crippen LogP contribution in [-0.2, 0) is 12.7 Å². The second kappa shape index (κ2) is 10.4. The van der Waals surface area contributed by atoms with Crippen LogP contribution < -0.4 is 19.7 Å². The van der Waals surface area contributed by atoms with Gasteiger partial charge in [0, 0.05) is 29.1 Å². The second-order valence-electron chi connectivity index (χ2n) is 9.17. The van der Waals surface area contributed by atoms with Crippen LogP contribution >= 0.6 is 0 Å². The predicted molar refractivity (Wildman–Crippen MR) is 132 cm³/mol. The Balaban J connectivity index is 1.33. The van der Waals surface area contributed by atoms with E-state index in [9.17, 15) is 18.0 Å². The van der Waals surface area contributed by atoms with Gasteiger partial charge in [0.1, 0.15) is 5.69 Å². The van der Waals surface area contributed by atoms with E-state index in [1.54, 1.807) is 18.2 Å². The molecule has 37 heavy (non-hydrogen) atoms. The third kappa shape index (κ3) is 5.24. The van der Waals surface area contributed by atoms with E-state index in [2.05, 4.69) is 15.3 Å². The molecule has 7 nitrogen and oxygen atoms in total. The van der Waals surface area contributed by atoms with Gasteiger partial charge in [0.25, 0.3) is 5.91 Å². The summed E-state index contributed by atoms with van der Waals surface area (Å²) in [5.41, 5.74) is 0.181. The number of methoxy groups -OCH3 is 1. The van der Waals surface area contributed by atoms with E-state index in [1.807, 2.05) is 0 Å². The highest BCUT2D eigenvalue weighted by Crippen LogP contribution is 2.38. The predicted octanol–water partition coefficient (Wildman–Crippen LogP) is 5.10. The van der Waals surface area contributed by atoms with Crippen molar-refractivity contribution in [1.82, 2.24) is 15.3 Å². The lowest BCUT2D eigenvalue weighted by molar-refractivity contribution is -0.137. The first-order valence-corrected chi connectivity index (χ1v) is 12.2. The minimum atomic E-state index is -4.57. The van der Waals surface area contributed by atoms with Gasteiger partial charge in [-0.05, 0) is 56.5 Å². The Bertz CT molecular complexity index is 1290. The van der Waals surface area contributed by atoms with Crippen LogP contribution in [-0.4, -0.2) is 42.7 Å². The summed E-state index contributed by atoms with van der Waals surface area (Å²) in [6, 6.07) is 10.3. The van der Waals surface area contributed by atoms with Crippen LogP contribution in [0.25, 0.3) is 11.4 Å². The van der Waals surface area contributed by atoms with Crippen molar-refractivity contribution in [1.29, 1.82) is 0 Å². The van der Waals surface area contributed by atoms with Gasteiger partial charge in [-0.15, -0.1) is 0 Å². The number of aromatic nitrogens is 2. The van der Waals surface area contributed by atoms with Crippen molar-refractivity contribution in [2.75, 3.05) is 31.7 Å². The van der Waals surface area contributed by atoms with Gasteiger partial charge >= 0.3 is 6.18 Å². The number of fused-ring (bicyclic) bond motifs is 1. The SMILES string of the molecule is COc1cc(N2Cc3cnc(-c4ccccc4C(F)(F)F)nc3C2=O)ccc1OCCC1CCNCC1. The minimum Gasteiger partial charge on any atom is -0.493 e. The number of hydrogen-bond donors (Lipinski definition) is 1. The Morgan fingerprint density at radius 1 is 1.11 bits per heavy atom. The highest BCUT2D eigenvalue weighted by atomic mass is 19.4. The number of amides is 1. The van der Waals surface area contributed by atoms with E-state index in [4.69, 9.17) is 9.47 Å². The van der Waals surface area contributed by atoms with Crippen molar-refractivity contribution in [3.8, 4) is 22.9 Å². The average Bonchev–Trinajstić information content (AvgIpc) is 3.24. The highest BCUT2D eigenvalue weighted by molar-refractivity contribution is 6.09. The summed E-state index contributed by atoms with van der Waals surface area (Å²) in [5, 5.41) is 3.36. The Morgan fingerprint density at radius 3 is 2.65 bits per heavy atom. The first kappa shape index (κ1) is 25.0. The Morgan fingerprint density at radius 2 is 1.89 bits per heavy atom. The van der Waals surface area contributed by atoms with Gasteiger partial charge < -0.3 is 19.7 Å². The van der Waals surface area contributed by atoms with Gasteiger partial charge in [-0.25, -0.2) is 9.97 Å². The topological polar surface area (TPSA) is 76.6 Å². The minimum absolute atomic E-state index is 0.0863. The maximum atomic E-state index is 13.5. The number of benzene rings is 2. The maximum absolute atomic E-state index is 13.5. The van der Waals surface area contributed by atoms with E-state index in [0.29, 0.717) is 35.3 Å². The van der Waals surface area contributed by atoms with Crippen LogP contribution in [0.15, 0.2) is 48.7 Å². The van der Waals surface area contributed by atoms with Gasteiger partial charge in [-0.1, -0.05) is 18.2 Å². The molecule has 1 fully saturated rings. The highest BCUT2D eigenvalue weighted by Gasteiger charge is 2.36. The first-order chi connectivity index (χ1) is 17.8. The molecule has 1 N–H and O–H groups in total. The van der Waals surface area contributed by atoms with Crippen LogP contribution in [0.3, 0.4) is 0 Å². The molecular weight excluding hydrogens is 485 g/mol. The van der Waals surface area contributed by atoms with Crippen molar-refractivity contribution in [2.45, 2.75) is 32.0 Å². The molecule has 5 rings (SSSR count). The molecule has 0 bridgehead atoms. The summed E-state index contributed by atoms with van der Waals surface area (Å²) in [6.07, 6.45) is 0.0963. The molecule has 194 valence electrons. The van der Waals surface area contributed by atoms with E-state index in [0.717, 1.165) is 38.4 Å². The molecule has 0 spiro atoms. The molecule has 0 saturated carbocycles. The first-order valence-electron chi connectivity index (χ1n) is 12.2. The fourth-order valence-electron chi connectivity index (χ4n) is 4.79. The zero-order valence-corrected chi connectivity index (χ0v) is 20.3. The number of alkyl halides is 3. The lowest BCUT2D eigenvalue weighted by Gasteiger charge is -2.23. The Hall–Kier alpha value is -3.66. The van der Waals surface area contributed by atoms with E-state index >= 15 is 0 Å². The zero-order valence-electron chi connectivity index (χ0n) is 20.3. The number of rotatable bonds is 7. The molecule has 0 aliphatic carbocycles. The molecule has 0 radical (unpaired) electrons. The number of nitrogens with zero attached hydrogens (tertiary/aromatic N) is 3. The number of halogens is 3. The summed E-state index contributed by atoms with van der Waals surface area (Å²) < 4.78 is 52.0. The van der Waals surface area contributed by atoms with Gasteiger partial charge in [0.2, 0.25) is 0 Å². The molecule has 3 heterocycles. The van der Waals surface area contributed by atoms with Crippen LogP contribution in [0.5, 0.6) is 11.5 Å². The van der Waals surface area contributed by atoms with E-state index in [1.165, 1.54) is 36.4 Å². The van der Waals surface area contributed by atoms with E-state index < -0.39 is 17.6 Å². The zero-order chi connectivity index (χ0) is 26.0. The molecule has 2 aliphatic heterocycles. The van der Waals surface area contributed by atoms with Crippen molar-refractivity contribution >= 4 is 11.6 Å². The fraction of sp³-hybridized carbons (Fsp3) is 0.370. The molecule has 2 aliphatic rings. The summed E-state index contributed by atoms with van der Waals surface area (Å²) in [7, 11) is 1.54. The summed E-state index contributed by atoms with van der Waals surface area (Å²) >= 11 is 0. The van der Waals surface area contributed by atoms with E-state index in [-0.39, 0.29) is 23.6 Å². The number of ether oxygens (including phenoxy) is 2. The smallest absolute Gasteiger partial charge is 0.417 e. The van der Waals surface area contributed by atoms with Gasteiger partial charge in [0.05, 0.1) is 25.8 Å². The Labute approximate surface area is 212 Å². The standard InChI is InChI=1S/C27H27F3N4O3/c1-36-23-14-19(6-7-22(23)37-13-10-17-8-11-31-12-9-17)34-16-18-15-32-25(33-24(18)26(34)35)20-4-2-3-5-21(20)27(28,29)30/h2-7,14-15,17,31H,8-13,16H2,1H3. The summed E-state index contributed by atoms with van der Waals surface area (Å²) in [5.74, 6) is 1.18. The van der Waals surface area contributed by atoms with Crippen molar-refractivity contribution < 1.29 is 27.4 Å². The number of carbonyl (C=O) groups excluding carboxylic acids is 1. The number of carbonyl (C=O) groups is 1. The lowest BCUT2D eigenvalue weighted by Crippen LogP contribution is -2.28. The molecule has 2 aromatic carbocycles. The number of anilines is 1. The monoisotopic (exact) mass is 512 g/mol. The summed E-state index contributed by atoms with van der Waals surface area (Å²) in [4.78, 5) is 23.1. The lowest BCUT2D eigenvalue weighted by atomic mass is 9.95. The third-order valence-electron chi connectivity index (χ3n) is 6.82. The van der Waals surface area contributed by atoms with Crippen LogP contribution in [0.4, 0.5) is 18.9 Å². The third-order valence-corrected chi connectivity index (χ3v) is 6.82. The number of piperidine rings is 1. The Kier molecular flexibility index (Phi) is 7.01. The molecular formula is C27H27F3N4O3. The second-order valence-corrected chi connectivity index (χ2v) is 9.17. The molecule has 10 heteroatoms. The summed E-state index contributed by atoms with van der Waals surface area (Å²) in [6.45, 7) is 2.85. The maximum Gasteiger partial charge on any atom is 0.417 e. The van der Waals surface area contributed by atoms with Crippen molar-refractivity contribution in [3.05, 3.63) is 65.5 Å². The van der Waals surface area contributed by atoms with Crippen LogP contribution in [0.1, 0.15) is 40.9 Å². The van der Waals surface area contributed by atoms with Crippen molar-refractivity contribution in [3.63, 3.8) is 0 Å². The largest absolute Gasteiger partial charge is 0.493 e. The molecule has 3 aromatic rings. The molecule has 1 aromatic heterocycles. The average molecular weight is 513 g/mol. The normalized spacial score (nSPS) is 16.1. The number of hydrogen-bond acceptors (Lipinski definition) is 6. The van der Waals surface area contributed by atoms with Crippen LogP contribution in [0, 0.1) is 5.92 Å². The van der Waals surface area contributed by atoms with Gasteiger partial charge in [0.15, 0.2) is 17.3 Å². The number of nitrogens with one attached hydrogen (secondary N) is 1. The fourth-order valence-corrected chi connectivity index (χ4v) is 4.79. The van der Waals surface area contributed by atoms with Gasteiger partial charge in [-0.3, -0.25) is 4.79 Å². The molecule has 0 atom stereocenters. The quantitative estimate of drug-likeness (QED) is 0.475. The molecule has 1 saturated heterocycles. The molecule has 1 amide bonds. The van der Waals surface area contributed by atoms with Gasteiger partial charge in [-0.2, -0.15) is 13.2 Å². The van der Waals surface area contributed by atoms with Crippen molar-refractivity contribution in [2.24, 2.45) is 5.92 Å². The van der Waals surface area contributed by atoms with Crippen LogP contribution in [0.2, 0.25) is 0 Å². The molecule has 0 unspecified atom stereocenters.